The minimum Gasteiger partial charge on any atom is -0.496 e. The summed E-state index contributed by atoms with van der Waals surface area (Å²) in [6.07, 6.45) is 1.73. The molecule has 0 spiro atoms. The average Bonchev–Trinajstić information content (AvgIpc) is 3.19. The molecule has 0 atom stereocenters. The first kappa shape index (κ1) is 22.3. The number of sulfonamides is 1. The van der Waals surface area contributed by atoms with Crippen molar-refractivity contribution in [2.24, 2.45) is 0 Å². The molecule has 10 heteroatoms. The zero-order valence-corrected chi connectivity index (χ0v) is 18.8. The normalized spacial score (nSPS) is 11.5. The lowest BCUT2D eigenvalue weighted by Crippen LogP contribution is -2.28. The van der Waals surface area contributed by atoms with Crippen LogP contribution in [0.15, 0.2) is 71.8 Å². The Balaban J connectivity index is 1.51. The van der Waals surface area contributed by atoms with E-state index in [0.29, 0.717) is 23.5 Å². The number of aryl methyl sites for hydroxylation is 1. The number of carbonyl (C=O) groups excluding carboxylic acids is 1. The minimum atomic E-state index is -4.02. The van der Waals surface area contributed by atoms with E-state index >= 15 is 0 Å². The first-order chi connectivity index (χ1) is 15.8. The van der Waals surface area contributed by atoms with Crippen LogP contribution in [0, 0.1) is 6.92 Å². The number of aromatic nitrogens is 2. The maximum absolute atomic E-state index is 12.5. The summed E-state index contributed by atoms with van der Waals surface area (Å²) >= 11 is 0. The van der Waals surface area contributed by atoms with Crippen LogP contribution in [0.3, 0.4) is 0 Å². The Morgan fingerprint density at radius 1 is 1.12 bits per heavy atom. The lowest BCUT2D eigenvalue weighted by molar-refractivity contribution is 0.0407. The summed E-state index contributed by atoms with van der Waals surface area (Å²) in [7, 11) is -2.54. The predicted molar refractivity (Wildman–Crippen MR) is 123 cm³/mol. The third-order valence-electron chi connectivity index (χ3n) is 5.14. The Bertz CT molecular complexity index is 1450. The van der Waals surface area contributed by atoms with Gasteiger partial charge in [-0.3, -0.25) is 4.68 Å². The Labute approximate surface area is 190 Å². The van der Waals surface area contributed by atoms with Gasteiger partial charge in [0.2, 0.25) is 0 Å². The number of benzene rings is 3. The standard InChI is InChI=1S/C23H22N4O5S/c1-15-5-3-4-6-22(15)33(29,30)26-32-23(28)16-7-8-17(21(12-16)31-2)14-27-20-10-9-19(24)11-18(20)13-25-27/h3-13,26H,14,24H2,1-2H3. The lowest BCUT2D eigenvalue weighted by atomic mass is 10.1. The van der Waals surface area contributed by atoms with Crippen LogP contribution in [-0.2, 0) is 21.4 Å². The van der Waals surface area contributed by atoms with E-state index in [-0.39, 0.29) is 10.5 Å². The summed E-state index contributed by atoms with van der Waals surface area (Å²) < 4.78 is 32.1. The van der Waals surface area contributed by atoms with E-state index < -0.39 is 16.0 Å². The van der Waals surface area contributed by atoms with E-state index in [2.05, 4.69) is 5.10 Å². The second-order valence-corrected chi connectivity index (χ2v) is 9.00. The molecule has 0 aliphatic heterocycles. The Kier molecular flexibility index (Phi) is 6.03. The number of hydrogen-bond acceptors (Lipinski definition) is 7. The predicted octanol–water partition coefficient (Wildman–Crippen LogP) is 3.03. The van der Waals surface area contributed by atoms with Crippen LogP contribution in [0.5, 0.6) is 5.75 Å². The van der Waals surface area contributed by atoms with Gasteiger partial charge in [-0.1, -0.05) is 24.3 Å². The second kappa shape index (κ2) is 8.93. The highest BCUT2D eigenvalue weighted by Gasteiger charge is 2.20. The molecule has 1 heterocycles. The molecule has 3 aromatic carbocycles. The molecule has 0 saturated heterocycles. The maximum atomic E-state index is 12.5. The molecule has 0 bridgehead atoms. The molecule has 0 fully saturated rings. The first-order valence-corrected chi connectivity index (χ1v) is 11.4. The molecule has 0 amide bonds. The summed E-state index contributed by atoms with van der Waals surface area (Å²) in [6.45, 7) is 2.05. The van der Waals surface area contributed by atoms with Gasteiger partial charge in [-0.25, -0.2) is 13.2 Å². The molecule has 170 valence electrons. The van der Waals surface area contributed by atoms with Gasteiger partial charge in [-0.2, -0.15) is 5.10 Å². The molecular formula is C23H22N4O5S. The molecule has 9 nitrogen and oxygen atoms in total. The fourth-order valence-corrected chi connectivity index (χ4v) is 4.47. The number of nitrogens with two attached hydrogens (primary N) is 1. The first-order valence-electron chi connectivity index (χ1n) is 9.95. The van der Waals surface area contributed by atoms with Crippen LogP contribution in [-0.4, -0.2) is 31.3 Å². The van der Waals surface area contributed by atoms with Crippen molar-refractivity contribution in [1.29, 1.82) is 0 Å². The van der Waals surface area contributed by atoms with Gasteiger partial charge in [0.25, 0.3) is 10.0 Å². The van der Waals surface area contributed by atoms with Crippen LogP contribution in [0.2, 0.25) is 0 Å². The van der Waals surface area contributed by atoms with Gasteiger partial charge in [0, 0.05) is 16.6 Å². The van der Waals surface area contributed by atoms with Crippen molar-refractivity contribution in [1.82, 2.24) is 14.7 Å². The topological polar surface area (TPSA) is 126 Å². The van der Waals surface area contributed by atoms with Gasteiger partial charge in [0.1, 0.15) is 5.75 Å². The molecular weight excluding hydrogens is 444 g/mol. The summed E-state index contributed by atoms with van der Waals surface area (Å²) in [5, 5.41) is 5.31. The van der Waals surface area contributed by atoms with Crippen molar-refractivity contribution in [2.45, 2.75) is 18.4 Å². The van der Waals surface area contributed by atoms with Gasteiger partial charge in [-0.15, -0.1) is 0 Å². The summed E-state index contributed by atoms with van der Waals surface area (Å²) in [5.74, 6) is -0.428. The molecule has 0 radical (unpaired) electrons. The highest BCUT2D eigenvalue weighted by molar-refractivity contribution is 7.89. The second-order valence-electron chi connectivity index (χ2n) is 7.39. The highest BCUT2D eigenvalue weighted by atomic mass is 32.2. The zero-order chi connectivity index (χ0) is 23.6. The summed E-state index contributed by atoms with van der Waals surface area (Å²) in [6, 6.07) is 16.6. The lowest BCUT2D eigenvalue weighted by Gasteiger charge is -2.12. The number of ether oxygens (including phenoxy) is 1. The molecule has 0 saturated carbocycles. The Morgan fingerprint density at radius 3 is 2.67 bits per heavy atom. The molecule has 3 N–H and O–H groups in total. The van der Waals surface area contributed by atoms with E-state index in [4.69, 9.17) is 15.3 Å². The van der Waals surface area contributed by atoms with Crippen molar-refractivity contribution < 1.29 is 22.8 Å². The van der Waals surface area contributed by atoms with Gasteiger partial charge in [-0.05, 0) is 53.8 Å². The maximum Gasteiger partial charge on any atom is 0.357 e. The number of carbonyl (C=O) groups is 1. The van der Waals surface area contributed by atoms with E-state index in [1.165, 1.54) is 25.3 Å². The van der Waals surface area contributed by atoms with Crippen molar-refractivity contribution >= 4 is 32.6 Å². The number of anilines is 1. The van der Waals surface area contributed by atoms with Gasteiger partial charge in [0.05, 0.1) is 35.8 Å². The van der Waals surface area contributed by atoms with E-state index in [9.17, 15) is 13.2 Å². The Morgan fingerprint density at radius 2 is 1.91 bits per heavy atom. The number of methoxy groups -OCH3 is 1. The third kappa shape index (κ3) is 4.66. The molecule has 4 rings (SSSR count). The van der Waals surface area contributed by atoms with Gasteiger partial charge in [0.15, 0.2) is 0 Å². The summed E-state index contributed by atoms with van der Waals surface area (Å²) in [4.78, 5) is 19.2. The molecule has 1 aromatic heterocycles. The largest absolute Gasteiger partial charge is 0.496 e. The number of nitrogens with one attached hydrogen (secondary N) is 1. The third-order valence-corrected chi connectivity index (χ3v) is 6.48. The smallest absolute Gasteiger partial charge is 0.357 e. The van der Waals surface area contributed by atoms with E-state index in [1.54, 1.807) is 48.1 Å². The van der Waals surface area contributed by atoms with Crippen molar-refractivity contribution in [3.63, 3.8) is 0 Å². The SMILES string of the molecule is COc1cc(C(=O)ONS(=O)(=O)c2ccccc2C)ccc1Cn1ncc2cc(N)ccc21. The van der Waals surface area contributed by atoms with Crippen LogP contribution in [0.1, 0.15) is 21.5 Å². The van der Waals surface area contributed by atoms with Crippen LogP contribution in [0.4, 0.5) is 5.69 Å². The number of nitrogen functional groups attached to an aromatic ring is 1. The van der Waals surface area contributed by atoms with E-state index in [0.717, 1.165) is 16.5 Å². The van der Waals surface area contributed by atoms with Gasteiger partial charge < -0.3 is 15.3 Å². The Hall–Kier alpha value is -3.89. The summed E-state index contributed by atoms with van der Waals surface area (Å²) in [5.41, 5.74) is 8.81. The van der Waals surface area contributed by atoms with Crippen LogP contribution < -0.4 is 15.4 Å². The molecule has 33 heavy (non-hydrogen) atoms. The molecule has 0 aliphatic rings. The quantitative estimate of drug-likeness (QED) is 0.317. The number of nitrogens with zero attached hydrogens (tertiary/aromatic N) is 2. The fraction of sp³-hybridized carbons (Fsp3) is 0.130. The van der Waals surface area contributed by atoms with Crippen molar-refractivity contribution in [2.75, 3.05) is 12.8 Å². The van der Waals surface area contributed by atoms with Crippen LogP contribution in [0.25, 0.3) is 10.9 Å². The monoisotopic (exact) mass is 466 g/mol. The highest BCUT2D eigenvalue weighted by Crippen LogP contribution is 2.24. The molecule has 0 unspecified atom stereocenters. The average molecular weight is 467 g/mol. The zero-order valence-electron chi connectivity index (χ0n) is 18.0. The van der Waals surface area contributed by atoms with E-state index in [1.807, 2.05) is 17.0 Å². The number of rotatable bonds is 7. The van der Waals surface area contributed by atoms with Crippen molar-refractivity contribution in [3.8, 4) is 5.75 Å². The molecule has 0 aliphatic carbocycles. The molecule has 4 aromatic rings. The number of hydrogen-bond donors (Lipinski definition) is 2. The van der Waals surface area contributed by atoms with Gasteiger partial charge >= 0.3 is 5.97 Å². The minimum absolute atomic E-state index is 0.0268. The fourth-order valence-electron chi connectivity index (χ4n) is 3.45. The van der Waals surface area contributed by atoms with Crippen molar-refractivity contribution in [3.05, 3.63) is 83.6 Å². The van der Waals surface area contributed by atoms with Crippen LogP contribution >= 0.6 is 0 Å². The number of fused-ring (bicyclic) bond motifs is 1.